The van der Waals surface area contributed by atoms with Crippen LogP contribution in [0.4, 0.5) is 0 Å². The SMILES string of the molecule is C=S(C)(=O)N1CCC(CC)CC1.CC. The van der Waals surface area contributed by atoms with Gasteiger partial charge in [-0.1, -0.05) is 27.2 Å². The first-order chi connectivity index (χ1) is 6.54. The quantitative estimate of drug-likeness (QED) is 0.653. The molecule has 0 aromatic rings. The Bertz CT molecular complexity index is 226. The Kier molecular flexibility index (Phi) is 6.45. The van der Waals surface area contributed by atoms with Gasteiger partial charge in [-0.25, -0.2) is 4.31 Å². The summed E-state index contributed by atoms with van der Waals surface area (Å²) in [5, 5.41) is 0. The van der Waals surface area contributed by atoms with Crippen LogP contribution in [0.2, 0.25) is 0 Å². The summed E-state index contributed by atoms with van der Waals surface area (Å²) in [6.45, 7) is 8.17. The smallest absolute Gasteiger partial charge is 0.0245 e. The molecule has 0 N–H and O–H groups in total. The van der Waals surface area contributed by atoms with Crippen molar-refractivity contribution in [1.29, 1.82) is 0 Å². The highest BCUT2D eigenvalue weighted by molar-refractivity contribution is 7.97. The molecule has 0 bridgehead atoms. The van der Waals surface area contributed by atoms with E-state index in [1.165, 1.54) is 19.3 Å². The van der Waals surface area contributed by atoms with E-state index in [0.29, 0.717) is 0 Å². The van der Waals surface area contributed by atoms with Crippen LogP contribution < -0.4 is 0 Å². The lowest BCUT2D eigenvalue weighted by Crippen LogP contribution is -2.37. The van der Waals surface area contributed by atoms with Crippen LogP contribution >= 0.6 is 0 Å². The van der Waals surface area contributed by atoms with Gasteiger partial charge in [0.1, 0.15) is 0 Å². The lowest BCUT2D eigenvalue weighted by Gasteiger charge is -2.31. The van der Waals surface area contributed by atoms with Crippen LogP contribution in [-0.2, 0) is 9.71 Å². The van der Waals surface area contributed by atoms with Crippen molar-refractivity contribution < 1.29 is 4.21 Å². The highest BCUT2D eigenvalue weighted by Crippen LogP contribution is 2.21. The average Bonchev–Trinajstić information content (AvgIpc) is 2.20. The molecule has 1 aliphatic rings. The highest BCUT2D eigenvalue weighted by atomic mass is 32.2. The zero-order valence-electron chi connectivity index (χ0n) is 10.1. The Morgan fingerprint density at radius 1 is 1.36 bits per heavy atom. The van der Waals surface area contributed by atoms with E-state index >= 15 is 0 Å². The van der Waals surface area contributed by atoms with Gasteiger partial charge < -0.3 is 0 Å². The normalized spacial score (nSPS) is 23.4. The van der Waals surface area contributed by atoms with E-state index in [4.69, 9.17) is 0 Å². The van der Waals surface area contributed by atoms with E-state index < -0.39 is 9.71 Å². The maximum absolute atomic E-state index is 11.6. The monoisotopic (exact) mass is 219 g/mol. The van der Waals surface area contributed by atoms with Gasteiger partial charge >= 0.3 is 0 Å². The average molecular weight is 219 g/mol. The molecule has 1 aliphatic heterocycles. The molecule has 1 saturated heterocycles. The molecule has 14 heavy (non-hydrogen) atoms. The summed E-state index contributed by atoms with van der Waals surface area (Å²) in [5.41, 5.74) is 0. The van der Waals surface area contributed by atoms with Gasteiger partial charge in [-0.15, -0.1) is 0 Å². The summed E-state index contributed by atoms with van der Waals surface area (Å²) in [6.07, 6.45) is 5.38. The van der Waals surface area contributed by atoms with Crippen molar-refractivity contribution in [2.75, 3.05) is 19.3 Å². The summed E-state index contributed by atoms with van der Waals surface area (Å²) >= 11 is 0. The molecule has 1 heterocycles. The maximum atomic E-state index is 11.6. The van der Waals surface area contributed by atoms with Gasteiger partial charge in [0.2, 0.25) is 0 Å². The Hall–Kier alpha value is -0.0200. The fraction of sp³-hybridized carbons (Fsp3) is 0.909. The molecule has 0 spiro atoms. The molecule has 0 aromatic carbocycles. The molecule has 1 atom stereocenters. The van der Waals surface area contributed by atoms with E-state index in [0.717, 1.165) is 19.0 Å². The fourth-order valence-electron chi connectivity index (χ4n) is 1.70. The topological polar surface area (TPSA) is 20.3 Å². The molecular weight excluding hydrogens is 194 g/mol. The Morgan fingerprint density at radius 3 is 2.07 bits per heavy atom. The highest BCUT2D eigenvalue weighted by Gasteiger charge is 2.20. The van der Waals surface area contributed by atoms with Crippen LogP contribution in [-0.4, -0.2) is 33.7 Å². The van der Waals surface area contributed by atoms with Gasteiger partial charge in [0.25, 0.3) is 0 Å². The summed E-state index contributed by atoms with van der Waals surface area (Å²) in [4.78, 5) is 0. The van der Waals surface area contributed by atoms with Gasteiger partial charge in [0.05, 0.1) is 0 Å². The summed E-state index contributed by atoms with van der Waals surface area (Å²) < 4.78 is 13.6. The first kappa shape index (κ1) is 14.0. The van der Waals surface area contributed by atoms with Crippen LogP contribution in [0.15, 0.2) is 0 Å². The second kappa shape index (κ2) is 6.46. The van der Waals surface area contributed by atoms with E-state index in [1.807, 2.05) is 18.2 Å². The minimum Gasteiger partial charge on any atom is -0.253 e. The molecule has 0 saturated carbocycles. The predicted molar refractivity (Wildman–Crippen MR) is 67.1 cm³/mol. The zero-order valence-corrected chi connectivity index (χ0v) is 10.9. The van der Waals surface area contributed by atoms with Crippen molar-refractivity contribution >= 4 is 15.6 Å². The van der Waals surface area contributed by atoms with Gasteiger partial charge in [0.15, 0.2) is 0 Å². The second-order valence-corrected chi connectivity index (χ2v) is 6.18. The molecule has 86 valence electrons. The van der Waals surface area contributed by atoms with Crippen LogP contribution in [0.1, 0.15) is 40.0 Å². The first-order valence-electron chi connectivity index (χ1n) is 5.61. The van der Waals surface area contributed by atoms with Crippen LogP contribution in [0.3, 0.4) is 0 Å². The van der Waals surface area contributed by atoms with Gasteiger partial charge in [-0.2, -0.15) is 0 Å². The van der Waals surface area contributed by atoms with E-state index in [9.17, 15) is 4.21 Å². The lowest BCUT2D eigenvalue weighted by molar-refractivity contribution is 0.278. The number of hydrogen-bond acceptors (Lipinski definition) is 1. The third kappa shape index (κ3) is 4.47. The number of piperidine rings is 1. The van der Waals surface area contributed by atoms with Crippen molar-refractivity contribution in [1.82, 2.24) is 4.31 Å². The van der Waals surface area contributed by atoms with Crippen LogP contribution in [0.25, 0.3) is 0 Å². The summed E-state index contributed by atoms with van der Waals surface area (Å²) in [6, 6.07) is 0. The van der Waals surface area contributed by atoms with Crippen molar-refractivity contribution in [3.05, 3.63) is 0 Å². The number of nitrogens with zero attached hydrogens (tertiary/aromatic N) is 1. The predicted octanol–water partition coefficient (Wildman–Crippen LogP) is 2.40. The van der Waals surface area contributed by atoms with E-state index in [1.54, 1.807) is 6.26 Å². The summed E-state index contributed by atoms with van der Waals surface area (Å²) in [5.74, 6) is 4.55. The largest absolute Gasteiger partial charge is 0.253 e. The fourth-order valence-corrected chi connectivity index (χ4v) is 2.69. The van der Waals surface area contributed by atoms with Crippen LogP contribution in [0.5, 0.6) is 0 Å². The molecule has 1 unspecified atom stereocenters. The molecule has 2 nitrogen and oxygen atoms in total. The van der Waals surface area contributed by atoms with Gasteiger partial charge in [-0.05, 0) is 24.6 Å². The Labute approximate surface area is 89.8 Å². The Balaban J connectivity index is 0.000000791. The molecule has 0 radical (unpaired) electrons. The molecule has 0 amide bonds. The number of hydrogen-bond donors (Lipinski definition) is 0. The lowest BCUT2D eigenvalue weighted by atomic mass is 9.96. The summed E-state index contributed by atoms with van der Waals surface area (Å²) in [7, 11) is -1.92. The molecule has 1 fully saturated rings. The van der Waals surface area contributed by atoms with E-state index in [2.05, 4.69) is 12.8 Å². The van der Waals surface area contributed by atoms with Crippen LogP contribution in [0, 0.1) is 5.92 Å². The molecular formula is C11H25NOS. The first-order valence-corrected chi connectivity index (χ1v) is 7.70. The van der Waals surface area contributed by atoms with Crippen molar-refractivity contribution in [3.63, 3.8) is 0 Å². The maximum Gasteiger partial charge on any atom is 0.0245 e. The van der Waals surface area contributed by atoms with Crippen molar-refractivity contribution in [2.45, 2.75) is 40.0 Å². The number of rotatable bonds is 2. The molecule has 1 rings (SSSR count). The van der Waals surface area contributed by atoms with E-state index in [-0.39, 0.29) is 0 Å². The van der Waals surface area contributed by atoms with Crippen molar-refractivity contribution in [3.8, 4) is 0 Å². The second-order valence-electron chi connectivity index (χ2n) is 3.74. The van der Waals surface area contributed by atoms with Gasteiger partial charge in [-0.3, -0.25) is 4.21 Å². The Morgan fingerprint density at radius 2 is 1.79 bits per heavy atom. The zero-order chi connectivity index (χ0) is 11.2. The minimum absolute atomic E-state index is 0.850. The third-order valence-electron chi connectivity index (χ3n) is 2.70. The molecule has 3 heteroatoms. The van der Waals surface area contributed by atoms with Gasteiger partial charge in [0, 0.05) is 29.1 Å². The third-order valence-corrected chi connectivity index (χ3v) is 4.15. The minimum atomic E-state index is -1.92. The standard InChI is InChI=1S/C9H19NOS.C2H6/c1-4-9-5-7-10(8-6-9)12(2,3)11;1-2/h9H,2,4-8H2,1,3H3;1-2H3. The molecule has 0 aromatic heterocycles. The van der Waals surface area contributed by atoms with Crippen molar-refractivity contribution in [2.24, 2.45) is 5.92 Å². The molecule has 0 aliphatic carbocycles.